The Labute approximate surface area is 368 Å². The normalized spacial score (nSPS) is 28.6. The summed E-state index contributed by atoms with van der Waals surface area (Å²) in [5.74, 6) is 3.77. The molecule has 0 N–H and O–H groups in total. The molecule has 11 rings (SSSR count). The van der Waals surface area contributed by atoms with Crippen LogP contribution in [0.3, 0.4) is 0 Å². The Balaban J connectivity index is 1.08. The maximum atomic E-state index is 6.93. The Kier molecular flexibility index (Phi) is 12.2. The van der Waals surface area contributed by atoms with Crippen LogP contribution in [0.15, 0.2) is 136 Å². The number of hydrogen-bond donors (Lipinski definition) is 0. The molecule has 0 spiro atoms. The Bertz CT molecular complexity index is 2290. The van der Waals surface area contributed by atoms with Crippen molar-refractivity contribution in [2.75, 3.05) is 53.6 Å². The minimum Gasteiger partial charge on any atom is -0.497 e. The van der Waals surface area contributed by atoms with Crippen molar-refractivity contribution in [2.45, 2.75) is 63.1 Å². The molecular formula is C54H64N4O4+2. The topological polar surface area (TPSA) is 62.7 Å². The first-order chi connectivity index (χ1) is 30.3. The highest BCUT2D eigenvalue weighted by Crippen LogP contribution is 2.51. The van der Waals surface area contributed by atoms with Crippen LogP contribution < -0.4 is 9.47 Å². The molecule has 6 aliphatic heterocycles. The number of quaternary nitrogens is 2. The Hall–Kier alpha value is -5.12. The Morgan fingerprint density at radius 3 is 1.52 bits per heavy atom. The van der Waals surface area contributed by atoms with Gasteiger partial charge in [0, 0.05) is 71.8 Å². The Morgan fingerprint density at radius 1 is 0.629 bits per heavy atom. The molecule has 8 heteroatoms. The lowest BCUT2D eigenvalue weighted by atomic mass is 9.70. The second-order valence-corrected chi connectivity index (χ2v) is 18.5. The lowest BCUT2D eigenvalue weighted by Gasteiger charge is -2.59. The molecule has 4 bridgehead atoms. The van der Waals surface area contributed by atoms with Gasteiger partial charge in [-0.3, -0.25) is 9.97 Å². The van der Waals surface area contributed by atoms with Gasteiger partial charge in [0.1, 0.15) is 48.9 Å². The van der Waals surface area contributed by atoms with Gasteiger partial charge in [-0.15, -0.1) is 26.3 Å². The molecule has 6 saturated heterocycles. The predicted molar refractivity (Wildman–Crippen MR) is 249 cm³/mol. The number of pyridine rings is 2. The number of fused-ring (bicyclic) bond motifs is 8. The number of rotatable bonds is 18. The molecule has 0 saturated carbocycles. The van der Waals surface area contributed by atoms with Crippen molar-refractivity contribution >= 4 is 21.8 Å². The molecule has 6 fully saturated rings. The molecule has 8 heterocycles. The number of aromatic nitrogens is 2. The van der Waals surface area contributed by atoms with E-state index in [-0.39, 0.29) is 24.3 Å². The maximum absolute atomic E-state index is 6.93. The molecule has 2 aromatic heterocycles. The van der Waals surface area contributed by atoms with E-state index >= 15 is 0 Å². The fourth-order valence-corrected chi connectivity index (χ4v) is 12.5. The highest BCUT2D eigenvalue weighted by Gasteiger charge is 2.56. The minimum atomic E-state index is -0.135. The summed E-state index contributed by atoms with van der Waals surface area (Å²) in [6.07, 6.45) is 16.4. The zero-order chi connectivity index (χ0) is 42.8. The van der Waals surface area contributed by atoms with Gasteiger partial charge in [-0.05, 0) is 77.6 Å². The van der Waals surface area contributed by atoms with Crippen molar-refractivity contribution in [1.82, 2.24) is 9.97 Å². The summed E-state index contributed by atoms with van der Waals surface area (Å²) in [7, 11) is 3.45. The average molecular weight is 833 g/mol. The summed E-state index contributed by atoms with van der Waals surface area (Å²) in [4.78, 5) is 9.52. The number of methoxy groups -OCH3 is 2. The van der Waals surface area contributed by atoms with Crippen LogP contribution >= 0.6 is 0 Å². The van der Waals surface area contributed by atoms with Crippen molar-refractivity contribution in [3.8, 4) is 11.5 Å². The first-order valence-corrected chi connectivity index (χ1v) is 22.7. The van der Waals surface area contributed by atoms with Crippen molar-refractivity contribution in [2.24, 2.45) is 23.7 Å². The fraction of sp³-hybridized carbons (Fsp3) is 0.407. The van der Waals surface area contributed by atoms with Crippen LogP contribution in [0.5, 0.6) is 11.5 Å². The molecular weight excluding hydrogens is 769 g/mol. The minimum absolute atomic E-state index is 0.135. The van der Waals surface area contributed by atoms with E-state index < -0.39 is 0 Å². The maximum Gasteiger partial charge on any atom is 0.135 e. The van der Waals surface area contributed by atoms with E-state index in [1.54, 1.807) is 14.2 Å². The first-order valence-electron chi connectivity index (χ1n) is 22.7. The summed E-state index contributed by atoms with van der Waals surface area (Å²) < 4.78 is 27.2. The predicted octanol–water partition coefficient (Wildman–Crippen LogP) is 10.5. The van der Waals surface area contributed by atoms with E-state index in [0.29, 0.717) is 36.9 Å². The molecule has 322 valence electrons. The van der Waals surface area contributed by atoms with Gasteiger partial charge in [0.05, 0.1) is 64.6 Å². The highest BCUT2D eigenvalue weighted by atomic mass is 16.5. The van der Waals surface area contributed by atoms with Crippen LogP contribution in [0.25, 0.3) is 21.8 Å². The number of benzene rings is 3. The van der Waals surface area contributed by atoms with Gasteiger partial charge >= 0.3 is 0 Å². The number of ether oxygens (including phenoxy) is 4. The Morgan fingerprint density at radius 2 is 1.10 bits per heavy atom. The molecule has 5 aromatic rings. The van der Waals surface area contributed by atoms with E-state index in [1.165, 1.54) is 35.1 Å². The molecule has 0 amide bonds. The third-order valence-electron chi connectivity index (χ3n) is 15.4. The zero-order valence-electron chi connectivity index (χ0n) is 36.7. The summed E-state index contributed by atoms with van der Waals surface area (Å²) in [6.45, 7) is 24.0. The third kappa shape index (κ3) is 7.80. The standard InChI is InChI=1S/C54H64N4O4/c1-7-26-61-53(45-18-22-55-49-16-14-43(59-5)31-47(45)49)51-29-41-20-24-57(51,35-39(41)9-3)33-37-12-11-13-38(28-37)34-58-25-21-42(40(10-4)36-58)30-52(58)54(62-27-8-2)46-19-23-56-50-17-15-44(60-6)32-48(46)50/h7-19,22-23,28,31-32,39-42,51-54H,1-4,20-21,24-27,29-30,33-36H2,5-6H3/q+2/t39-,40-,41-,42-,51+,52+,53+,54+,57+,58+/m0/s1. The summed E-state index contributed by atoms with van der Waals surface area (Å²) in [6, 6.07) is 26.7. The second-order valence-electron chi connectivity index (χ2n) is 18.5. The molecule has 10 atom stereocenters. The number of hydrogen-bond acceptors (Lipinski definition) is 6. The molecule has 6 aliphatic rings. The van der Waals surface area contributed by atoms with Gasteiger partial charge in [0.15, 0.2) is 0 Å². The molecule has 0 radical (unpaired) electrons. The molecule has 62 heavy (non-hydrogen) atoms. The molecule has 0 aliphatic carbocycles. The van der Waals surface area contributed by atoms with E-state index in [4.69, 9.17) is 28.9 Å². The van der Waals surface area contributed by atoms with Crippen molar-refractivity contribution in [3.05, 3.63) is 158 Å². The number of nitrogens with zero attached hydrogens (tertiary/aromatic N) is 4. The van der Waals surface area contributed by atoms with E-state index in [2.05, 4.69) is 99.1 Å². The SMILES string of the molecule is C=CCO[C@H](c1ccnc2ccc(OC)cc12)[C@H]1C[C@@H]2CC[N@@+]1(Cc1cccc(C[N@@+]34CC[C@@H](C[C@@H]3[C@H](OCC=C)c3ccnc5ccc(OC)cc35)[C@@H](C=C)C4)c1)C[C@@H]2C=C. The fourth-order valence-electron chi connectivity index (χ4n) is 12.5. The van der Waals surface area contributed by atoms with Crippen molar-refractivity contribution in [1.29, 1.82) is 0 Å². The van der Waals surface area contributed by atoms with Crippen molar-refractivity contribution in [3.63, 3.8) is 0 Å². The highest BCUT2D eigenvalue weighted by molar-refractivity contribution is 5.84. The van der Waals surface area contributed by atoms with Gasteiger partial charge in [-0.25, -0.2) is 0 Å². The van der Waals surface area contributed by atoms with Crippen LogP contribution in [0, 0.1) is 23.7 Å². The smallest absolute Gasteiger partial charge is 0.135 e. The van der Waals surface area contributed by atoms with Gasteiger partial charge < -0.3 is 27.9 Å². The molecule has 8 nitrogen and oxygen atoms in total. The summed E-state index contributed by atoms with van der Waals surface area (Å²) in [5.41, 5.74) is 7.02. The summed E-state index contributed by atoms with van der Waals surface area (Å²) in [5, 5.41) is 2.18. The lowest BCUT2D eigenvalue weighted by molar-refractivity contribution is -0.985. The van der Waals surface area contributed by atoms with E-state index in [0.717, 1.165) is 94.4 Å². The monoisotopic (exact) mass is 832 g/mol. The van der Waals surface area contributed by atoms with Crippen LogP contribution in [-0.2, 0) is 22.6 Å². The lowest BCUT2D eigenvalue weighted by Crippen LogP contribution is -2.68. The second kappa shape index (κ2) is 17.9. The van der Waals surface area contributed by atoms with Crippen LogP contribution in [-0.4, -0.2) is 84.6 Å². The summed E-state index contributed by atoms with van der Waals surface area (Å²) >= 11 is 0. The third-order valence-corrected chi connectivity index (χ3v) is 15.4. The largest absolute Gasteiger partial charge is 0.497 e. The van der Waals surface area contributed by atoms with E-state index in [1.807, 2.05) is 36.7 Å². The van der Waals surface area contributed by atoms with Gasteiger partial charge in [-0.1, -0.05) is 42.5 Å². The van der Waals surface area contributed by atoms with Crippen LogP contribution in [0.4, 0.5) is 0 Å². The number of piperidine rings is 6. The quantitative estimate of drug-likeness (QED) is 0.0647. The van der Waals surface area contributed by atoms with Crippen molar-refractivity contribution < 1.29 is 27.9 Å². The van der Waals surface area contributed by atoms with Gasteiger partial charge in [0.2, 0.25) is 0 Å². The van der Waals surface area contributed by atoms with Gasteiger partial charge in [0.25, 0.3) is 0 Å². The average Bonchev–Trinajstić information content (AvgIpc) is 3.31. The molecule has 3 aromatic carbocycles. The molecule has 0 unspecified atom stereocenters. The van der Waals surface area contributed by atoms with Crippen LogP contribution in [0.2, 0.25) is 0 Å². The zero-order valence-corrected chi connectivity index (χ0v) is 36.7. The first kappa shape index (κ1) is 42.2. The van der Waals surface area contributed by atoms with E-state index in [9.17, 15) is 0 Å². The van der Waals surface area contributed by atoms with Gasteiger partial charge in [-0.2, -0.15) is 0 Å². The van der Waals surface area contributed by atoms with Crippen LogP contribution in [0.1, 0.15) is 60.1 Å².